The van der Waals surface area contributed by atoms with Crippen molar-refractivity contribution in [3.05, 3.63) is 55.2 Å². The van der Waals surface area contributed by atoms with E-state index in [-0.39, 0.29) is 51.7 Å². The van der Waals surface area contributed by atoms with Crippen LogP contribution in [0.4, 0.5) is 57.1 Å². The number of thioether (sulfide) groups is 1. The topological polar surface area (TPSA) is 121 Å². The highest BCUT2D eigenvalue weighted by Crippen LogP contribution is 2.60. The molecule has 4 aromatic rings. The summed E-state index contributed by atoms with van der Waals surface area (Å²) in [5.74, 6) is -38.4. The summed E-state index contributed by atoms with van der Waals surface area (Å²) in [5, 5.41) is 9.76. The molecule has 328 valence electrons. The van der Waals surface area contributed by atoms with Crippen LogP contribution in [0.3, 0.4) is 0 Å². The third-order valence-electron chi connectivity index (χ3n) is 9.55. The molecular weight excluding hydrogens is 882 g/mol. The Kier molecular flexibility index (Phi) is 12.8. The quantitative estimate of drug-likeness (QED) is 0.0470. The molecule has 60 heavy (non-hydrogen) atoms. The fourth-order valence-electron chi connectivity index (χ4n) is 6.32. The standard InChI is InChI=1S/C35H30F13N5O5S2/c1-56-20-13-17(14-21(57-2)25(20)58-3)24-19(15-49)27(54)53(11-9-30(36,37)31(38,39)32(40,41)33(42,43)34(44,45)35(46,47)48)29(51-24)59-12-6-10-52-16-50-26-23(28(52)55)18-7-4-5-8-22(18)60-26/h13-14,16H,4-12H2,1-3H3. The summed E-state index contributed by atoms with van der Waals surface area (Å²) in [5.41, 5.74) is -2.62. The van der Waals surface area contributed by atoms with E-state index in [9.17, 15) is 71.9 Å². The van der Waals surface area contributed by atoms with Crippen LogP contribution in [0, 0.1) is 11.3 Å². The molecule has 0 aliphatic heterocycles. The molecule has 1 aliphatic carbocycles. The summed E-state index contributed by atoms with van der Waals surface area (Å²) in [6.45, 7) is -1.88. The number of alkyl halides is 13. The van der Waals surface area contributed by atoms with Gasteiger partial charge in [0.2, 0.25) is 5.75 Å². The van der Waals surface area contributed by atoms with Crippen LogP contribution in [0.5, 0.6) is 17.2 Å². The Hall–Kier alpha value is -4.73. The average molecular weight is 912 g/mol. The predicted octanol–water partition coefficient (Wildman–Crippen LogP) is 8.77. The number of nitriles is 1. The van der Waals surface area contributed by atoms with Crippen LogP contribution in [0.25, 0.3) is 21.5 Å². The number of benzene rings is 1. The van der Waals surface area contributed by atoms with Crippen molar-refractivity contribution in [2.24, 2.45) is 0 Å². The van der Waals surface area contributed by atoms with Gasteiger partial charge in [-0.3, -0.25) is 18.7 Å². The van der Waals surface area contributed by atoms with Crippen molar-refractivity contribution in [1.29, 1.82) is 5.26 Å². The van der Waals surface area contributed by atoms with Crippen molar-refractivity contribution < 1.29 is 71.3 Å². The maximum Gasteiger partial charge on any atom is 0.460 e. The molecule has 5 rings (SSSR count). The molecule has 0 radical (unpaired) electrons. The fourth-order valence-corrected chi connectivity index (χ4v) is 8.48. The van der Waals surface area contributed by atoms with E-state index in [4.69, 9.17) is 14.2 Å². The Morgan fingerprint density at radius 1 is 0.817 bits per heavy atom. The van der Waals surface area contributed by atoms with Crippen LogP contribution in [0.2, 0.25) is 0 Å². The summed E-state index contributed by atoms with van der Waals surface area (Å²) in [6, 6.07) is 3.86. The molecular formula is C35H30F13N5O5S2. The van der Waals surface area contributed by atoms with Crippen LogP contribution in [0.15, 0.2) is 33.2 Å². The number of hydrogen-bond acceptors (Lipinski definition) is 10. The number of ether oxygens (including phenoxy) is 3. The smallest absolute Gasteiger partial charge is 0.460 e. The van der Waals surface area contributed by atoms with E-state index in [0.717, 1.165) is 29.7 Å². The fraction of sp³-hybridized carbons (Fsp3) is 0.514. The highest BCUT2D eigenvalue weighted by atomic mass is 32.2. The van der Waals surface area contributed by atoms with E-state index in [1.54, 1.807) is 0 Å². The normalized spacial score (nSPS) is 14.2. The zero-order chi connectivity index (χ0) is 44.8. The summed E-state index contributed by atoms with van der Waals surface area (Å²) in [7, 11) is 3.64. The number of aryl methyl sites for hydroxylation is 3. The maximum atomic E-state index is 15.0. The lowest BCUT2D eigenvalue weighted by atomic mass is 9.92. The van der Waals surface area contributed by atoms with Crippen molar-refractivity contribution in [2.45, 2.75) is 92.6 Å². The number of thiophene rings is 1. The molecule has 1 aromatic carbocycles. The maximum absolute atomic E-state index is 15.0. The second-order valence-electron chi connectivity index (χ2n) is 13.2. The molecule has 0 atom stereocenters. The van der Waals surface area contributed by atoms with Gasteiger partial charge in [-0.15, -0.1) is 11.3 Å². The number of methoxy groups -OCH3 is 3. The number of aromatic nitrogens is 4. The predicted molar refractivity (Wildman–Crippen MR) is 190 cm³/mol. The third kappa shape index (κ3) is 7.72. The summed E-state index contributed by atoms with van der Waals surface area (Å²) >= 11 is 1.94. The monoisotopic (exact) mass is 911 g/mol. The first-order valence-electron chi connectivity index (χ1n) is 17.3. The second kappa shape index (κ2) is 16.6. The van der Waals surface area contributed by atoms with E-state index in [2.05, 4.69) is 9.97 Å². The Morgan fingerprint density at radius 3 is 1.98 bits per heavy atom. The second-order valence-corrected chi connectivity index (χ2v) is 15.3. The van der Waals surface area contributed by atoms with Gasteiger partial charge >= 0.3 is 35.8 Å². The first kappa shape index (κ1) is 46.3. The van der Waals surface area contributed by atoms with Gasteiger partial charge in [0, 0.05) is 35.7 Å². The van der Waals surface area contributed by atoms with Crippen molar-refractivity contribution >= 4 is 33.3 Å². The molecule has 0 unspecified atom stereocenters. The van der Waals surface area contributed by atoms with Crippen molar-refractivity contribution in [1.82, 2.24) is 19.1 Å². The van der Waals surface area contributed by atoms with Gasteiger partial charge in [-0.1, -0.05) is 11.8 Å². The lowest BCUT2D eigenvalue weighted by molar-refractivity contribution is -0.440. The minimum Gasteiger partial charge on any atom is -0.493 e. The van der Waals surface area contributed by atoms with E-state index < -0.39 is 70.7 Å². The van der Waals surface area contributed by atoms with Crippen molar-refractivity contribution in [3.8, 4) is 34.6 Å². The minimum absolute atomic E-state index is 0.0228. The number of halogens is 13. The highest BCUT2D eigenvalue weighted by Gasteiger charge is 2.90. The lowest BCUT2D eigenvalue weighted by Gasteiger charge is -2.39. The molecule has 0 saturated heterocycles. The number of rotatable bonds is 16. The van der Waals surface area contributed by atoms with Crippen LogP contribution >= 0.6 is 23.1 Å². The third-order valence-corrected chi connectivity index (χ3v) is 11.8. The van der Waals surface area contributed by atoms with Gasteiger partial charge < -0.3 is 14.2 Å². The first-order chi connectivity index (χ1) is 27.8. The van der Waals surface area contributed by atoms with Gasteiger partial charge in [0.15, 0.2) is 16.7 Å². The molecule has 3 aromatic heterocycles. The largest absolute Gasteiger partial charge is 0.493 e. The van der Waals surface area contributed by atoms with E-state index in [1.165, 1.54) is 61.8 Å². The summed E-state index contributed by atoms with van der Waals surface area (Å²) < 4.78 is 197. The van der Waals surface area contributed by atoms with Gasteiger partial charge in [-0.05, 0) is 49.8 Å². The van der Waals surface area contributed by atoms with Gasteiger partial charge in [0.1, 0.15) is 16.5 Å². The highest BCUT2D eigenvalue weighted by molar-refractivity contribution is 7.99. The Morgan fingerprint density at radius 2 is 1.42 bits per heavy atom. The van der Waals surface area contributed by atoms with Gasteiger partial charge in [0.05, 0.1) is 38.7 Å². The van der Waals surface area contributed by atoms with Gasteiger partial charge in [-0.2, -0.15) is 62.3 Å². The zero-order valence-corrected chi connectivity index (χ0v) is 32.7. The molecule has 1 aliphatic rings. The number of nitrogens with zero attached hydrogens (tertiary/aromatic N) is 5. The molecule has 0 amide bonds. The molecule has 0 N–H and O–H groups in total. The lowest BCUT2D eigenvalue weighted by Crippen LogP contribution is -2.70. The molecule has 3 heterocycles. The van der Waals surface area contributed by atoms with Crippen LogP contribution in [-0.2, 0) is 25.9 Å². The van der Waals surface area contributed by atoms with E-state index in [0.29, 0.717) is 28.4 Å². The average Bonchev–Trinajstić information content (AvgIpc) is 3.57. The minimum atomic E-state index is -8.11. The van der Waals surface area contributed by atoms with Crippen molar-refractivity contribution in [2.75, 3.05) is 27.1 Å². The molecule has 0 saturated carbocycles. The Bertz CT molecular complexity index is 2400. The Labute approximate surface area is 337 Å². The van der Waals surface area contributed by atoms with E-state index in [1.807, 2.05) is 0 Å². The van der Waals surface area contributed by atoms with Crippen LogP contribution in [0.1, 0.15) is 41.7 Å². The molecule has 25 heteroatoms. The van der Waals surface area contributed by atoms with Gasteiger partial charge in [0.25, 0.3) is 11.1 Å². The van der Waals surface area contributed by atoms with Crippen LogP contribution in [-0.4, -0.2) is 82.0 Å². The molecule has 0 bridgehead atoms. The molecule has 0 fully saturated rings. The zero-order valence-electron chi connectivity index (χ0n) is 31.1. The molecule has 0 spiro atoms. The van der Waals surface area contributed by atoms with Crippen LogP contribution < -0.4 is 25.3 Å². The first-order valence-corrected chi connectivity index (χ1v) is 19.1. The van der Waals surface area contributed by atoms with E-state index >= 15 is 0 Å². The summed E-state index contributed by atoms with van der Waals surface area (Å²) in [6.07, 6.45) is -5.73. The van der Waals surface area contributed by atoms with Gasteiger partial charge in [-0.25, -0.2) is 9.97 Å². The number of hydrogen-bond donors (Lipinski definition) is 0. The van der Waals surface area contributed by atoms with Crippen molar-refractivity contribution in [3.63, 3.8) is 0 Å². The SMILES string of the molecule is COc1cc(-c2nc(SCCCn3cnc4sc5c(c4c3=O)CCCC5)n(CCC(F)(F)C(F)(F)C(F)(F)C(F)(F)C(F)(F)C(F)(F)F)c(=O)c2C#N)cc(OC)c1OC. The summed E-state index contributed by atoms with van der Waals surface area (Å²) in [4.78, 5) is 37.3. The Balaban J connectivity index is 1.53. The number of fused-ring (bicyclic) bond motifs is 3. The molecule has 10 nitrogen and oxygen atoms in total.